The number of hydrogen-bond donors (Lipinski definition) is 2. The topological polar surface area (TPSA) is 85.1 Å². The van der Waals surface area contributed by atoms with Gasteiger partial charge in [-0.05, 0) is 19.1 Å². The lowest BCUT2D eigenvalue weighted by molar-refractivity contribution is -0.118. The van der Waals surface area contributed by atoms with E-state index < -0.39 is 5.91 Å². The summed E-state index contributed by atoms with van der Waals surface area (Å²) < 4.78 is 0. The van der Waals surface area contributed by atoms with E-state index in [1.807, 2.05) is 0 Å². The summed E-state index contributed by atoms with van der Waals surface area (Å²) >= 11 is 5.59. The third-order valence-electron chi connectivity index (χ3n) is 1.87. The number of primary amides is 1. The van der Waals surface area contributed by atoms with Crippen molar-refractivity contribution in [1.29, 1.82) is 0 Å². The zero-order valence-corrected chi connectivity index (χ0v) is 9.49. The van der Waals surface area contributed by atoms with Gasteiger partial charge in [0.2, 0.25) is 5.91 Å². The number of carbonyl (C=O) groups is 2. The molecule has 1 unspecified atom stereocenters. The average Bonchev–Trinajstić information content (AvgIpc) is 2.16. The first-order chi connectivity index (χ1) is 7.49. The first kappa shape index (κ1) is 12.4. The van der Waals surface area contributed by atoms with Crippen molar-refractivity contribution in [3.8, 4) is 0 Å². The van der Waals surface area contributed by atoms with Crippen molar-refractivity contribution in [3.63, 3.8) is 0 Å². The molecule has 2 amide bonds. The van der Waals surface area contributed by atoms with Crippen LogP contribution in [0.1, 0.15) is 23.7 Å². The predicted octanol–water partition coefficient (Wildman–Crippen LogP) is 0.729. The molecule has 0 aromatic carbocycles. The van der Waals surface area contributed by atoms with Gasteiger partial charge in [-0.1, -0.05) is 11.6 Å². The molecule has 6 heteroatoms. The standard InChI is InChI=1S/C10H12ClN3O2/c1-6(4-9(12)15)14-10(16)7-2-3-8(11)13-5-7/h2-3,5-6H,4H2,1H3,(H2,12,15)(H,14,16). The number of aromatic nitrogens is 1. The molecule has 0 bridgehead atoms. The van der Waals surface area contributed by atoms with Gasteiger partial charge in [0.1, 0.15) is 5.15 Å². The molecule has 0 spiro atoms. The van der Waals surface area contributed by atoms with Gasteiger partial charge >= 0.3 is 0 Å². The second-order valence-electron chi connectivity index (χ2n) is 3.41. The highest BCUT2D eigenvalue weighted by Gasteiger charge is 2.11. The van der Waals surface area contributed by atoms with Gasteiger partial charge in [-0.3, -0.25) is 9.59 Å². The highest BCUT2D eigenvalue weighted by atomic mass is 35.5. The quantitative estimate of drug-likeness (QED) is 0.762. The Labute approximate surface area is 98.0 Å². The molecule has 1 aromatic rings. The summed E-state index contributed by atoms with van der Waals surface area (Å²) in [4.78, 5) is 26.0. The van der Waals surface area contributed by atoms with Crippen LogP contribution in [0.25, 0.3) is 0 Å². The van der Waals surface area contributed by atoms with Crippen LogP contribution in [0.3, 0.4) is 0 Å². The van der Waals surface area contributed by atoms with Crippen LogP contribution in [0.2, 0.25) is 5.15 Å². The third-order valence-corrected chi connectivity index (χ3v) is 2.10. The maximum Gasteiger partial charge on any atom is 0.253 e. The number of hydrogen-bond acceptors (Lipinski definition) is 3. The van der Waals surface area contributed by atoms with Crippen molar-refractivity contribution >= 4 is 23.4 Å². The molecule has 1 rings (SSSR count). The van der Waals surface area contributed by atoms with Crippen LogP contribution in [0.15, 0.2) is 18.3 Å². The minimum atomic E-state index is -0.456. The lowest BCUT2D eigenvalue weighted by Gasteiger charge is -2.11. The van der Waals surface area contributed by atoms with Gasteiger partial charge < -0.3 is 11.1 Å². The van der Waals surface area contributed by atoms with Crippen molar-refractivity contribution in [2.24, 2.45) is 5.73 Å². The molecule has 86 valence electrons. The Morgan fingerprint density at radius 1 is 1.56 bits per heavy atom. The molecule has 0 aliphatic rings. The molecular weight excluding hydrogens is 230 g/mol. The number of carbonyl (C=O) groups excluding carboxylic acids is 2. The highest BCUT2D eigenvalue weighted by Crippen LogP contribution is 2.05. The minimum Gasteiger partial charge on any atom is -0.370 e. The number of rotatable bonds is 4. The monoisotopic (exact) mass is 241 g/mol. The van der Waals surface area contributed by atoms with E-state index in [0.29, 0.717) is 10.7 Å². The molecule has 3 N–H and O–H groups in total. The molecule has 0 saturated carbocycles. The van der Waals surface area contributed by atoms with E-state index in [0.717, 1.165) is 0 Å². The number of nitrogens with two attached hydrogens (primary N) is 1. The minimum absolute atomic E-state index is 0.104. The van der Waals surface area contributed by atoms with E-state index in [9.17, 15) is 9.59 Å². The molecular formula is C10H12ClN3O2. The number of halogens is 1. The summed E-state index contributed by atoms with van der Waals surface area (Å²) in [6.07, 6.45) is 1.47. The van der Waals surface area contributed by atoms with Crippen LogP contribution in [-0.2, 0) is 4.79 Å². The first-order valence-electron chi connectivity index (χ1n) is 4.69. The lowest BCUT2D eigenvalue weighted by atomic mass is 10.2. The lowest BCUT2D eigenvalue weighted by Crippen LogP contribution is -2.35. The van der Waals surface area contributed by atoms with Gasteiger partial charge in [-0.15, -0.1) is 0 Å². The maximum absolute atomic E-state index is 11.6. The smallest absolute Gasteiger partial charge is 0.253 e. The summed E-state index contributed by atoms with van der Waals surface area (Å²) in [5, 5.41) is 2.95. The Hall–Kier alpha value is -1.62. The Morgan fingerprint density at radius 2 is 2.25 bits per heavy atom. The largest absolute Gasteiger partial charge is 0.370 e. The summed E-state index contributed by atoms with van der Waals surface area (Å²) in [5.74, 6) is -0.764. The summed E-state index contributed by atoms with van der Waals surface area (Å²) in [5.41, 5.74) is 5.40. The molecule has 5 nitrogen and oxygen atoms in total. The zero-order chi connectivity index (χ0) is 12.1. The fourth-order valence-corrected chi connectivity index (χ4v) is 1.28. The molecule has 1 atom stereocenters. The Morgan fingerprint density at radius 3 is 2.75 bits per heavy atom. The van der Waals surface area contributed by atoms with Gasteiger partial charge in [0.15, 0.2) is 0 Å². The van der Waals surface area contributed by atoms with Crippen LogP contribution in [0.5, 0.6) is 0 Å². The molecule has 1 aromatic heterocycles. The summed E-state index contributed by atoms with van der Waals surface area (Å²) in [6, 6.07) is 2.78. The Bertz CT molecular complexity index is 392. The van der Waals surface area contributed by atoms with Gasteiger partial charge in [0.25, 0.3) is 5.91 Å². The Kier molecular flexibility index (Phi) is 4.25. The molecule has 0 radical (unpaired) electrons. The van der Waals surface area contributed by atoms with Crippen molar-refractivity contribution in [2.45, 2.75) is 19.4 Å². The second-order valence-corrected chi connectivity index (χ2v) is 3.80. The van der Waals surface area contributed by atoms with E-state index in [-0.39, 0.29) is 18.4 Å². The molecule has 16 heavy (non-hydrogen) atoms. The van der Waals surface area contributed by atoms with Gasteiger partial charge in [-0.2, -0.15) is 0 Å². The molecule has 0 aliphatic carbocycles. The fraction of sp³-hybridized carbons (Fsp3) is 0.300. The van der Waals surface area contributed by atoms with Crippen molar-refractivity contribution in [1.82, 2.24) is 10.3 Å². The van der Waals surface area contributed by atoms with E-state index in [1.165, 1.54) is 12.3 Å². The van der Waals surface area contributed by atoms with Crippen LogP contribution in [0, 0.1) is 0 Å². The van der Waals surface area contributed by atoms with E-state index in [4.69, 9.17) is 17.3 Å². The maximum atomic E-state index is 11.6. The number of amides is 2. The van der Waals surface area contributed by atoms with Gasteiger partial charge in [-0.25, -0.2) is 4.98 Å². The first-order valence-corrected chi connectivity index (χ1v) is 5.07. The van der Waals surface area contributed by atoms with E-state index in [2.05, 4.69) is 10.3 Å². The number of nitrogens with one attached hydrogen (secondary N) is 1. The predicted molar refractivity (Wildman–Crippen MR) is 60.0 cm³/mol. The zero-order valence-electron chi connectivity index (χ0n) is 8.74. The van der Waals surface area contributed by atoms with Crippen molar-refractivity contribution in [3.05, 3.63) is 29.0 Å². The van der Waals surface area contributed by atoms with E-state index in [1.54, 1.807) is 13.0 Å². The molecule has 0 saturated heterocycles. The second kappa shape index (κ2) is 5.46. The van der Waals surface area contributed by atoms with Crippen molar-refractivity contribution < 1.29 is 9.59 Å². The fourth-order valence-electron chi connectivity index (χ4n) is 1.17. The van der Waals surface area contributed by atoms with Gasteiger partial charge in [0.05, 0.1) is 5.56 Å². The third kappa shape index (κ3) is 3.86. The van der Waals surface area contributed by atoms with Gasteiger partial charge in [0, 0.05) is 18.7 Å². The van der Waals surface area contributed by atoms with Crippen molar-refractivity contribution in [2.75, 3.05) is 0 Å². The summed E-state index contributed by atoms with van der Waals surface area (Å²) in [6.45, 7) is 1.70. The summed E-state index contributed by atoms with van der Waals surface area (Å²) in [7, 11) is 0. The Balaban J connectivity index is 2.58. The average molecular weight is 242 g/mol. The van der Waals surface area contributed by atoms with Crippen LogP contribution >= 0.6 is 11.6 Å². The normalized spacial score (nSPS) is 11.9. The van der Waals surface area contributed by atoms with Crippen LogP contribution in [-0.4, -0.2) is 22.8 Å². The SMILES string of the molecule is CC(CC(N)=O)NC(=O)c1ccc(Cl)nc1. The highest BCUT2D eigenvalue weighted by molar-refractivity contribution is 6.29. The van der Waals surface area contributed by atoms with Crippen LogP contribution in [0.4, 0.5) is 0 Å². The number of nitrogens with zero attached hydrogens (tertiary/aromatic N) is 1. The van der Waals surface area contributed by atoms with Crippen LogP contribution < -0.4 is 11.1 Å². The molecule has 1 heterocycles. The molecule has 0 fully saturated rings. The number of pyridine rings is 1. The van der Waals surface area contributed by atoms with E-state index >= 15 is 0 Å². The molecule has 0 aliphatic heterocycles.